The highest BCUT2D eigenvalue weighted by atomic mass is 35.5. The van der Waals surface area contributed by atoms with Crippen LogP contribution < -0.4 is 5.56 Å². The molecule has 5 rings (SSSR count). The Morgan fingerprint density at radius 1 is 0.828 bits per heavy atom. The van der Waals surface area contributed by atoms with E-state index in [9.17, 15) is 4.79 Å². The van der Waals surface area contributed by atoms with E-state index >= 15 is 0 Å². The quantitative estimate of drug-likeness (QED) is 0.362. The summed E-state index contributed by atoms with van der Waals surface area (Å²) in [6.45, 7) is 0. The highest BCUT2D eigenvalue weighted by Crippen LogP contribution is 2.27. The lowest BCUT2D eigenvalue weighted by atomic mass is 10.0. The lowest BCUT2D eigenvalue weighted by Crippen LogP contribution is -2.17. The monoisotopic (exact) mass is 396 g/mol. The van der Waals surface area contributed by atoms with Gasteiger partial charge in [-0.05, 0) is 53.9 Å². The predicted octanol–water partition coefficient (Wildman–Crippen LogP) is 5.78. The molecular formula is C25H17ClN2O. The first kappa shape index (κ1) is 17.7. The van der Waals surface area contributed by atoms with Gasteiger partial charge in [0.2, 0.25) is 0 Å². The Hall–Kier alpha value is -3.43. The van der Waals surface area contributed by atoms with E-state index in [2.05, 4.69) is 29.2 Å². The fourth-order valence-corrected chi connectivity index (χ4v) is 3.91. The van der Waals surface area contributed by atoms with E-state index in [0.29, 0.717) is 5.02 Å². The molecule has 3 nitrogen and oxygen atoms in total. The molecule has 0 amide bonds. The molecule has 0 aliphatic rings. The van der Waals surface area contributed by atoms with Gasteiger partial charge in [-0.1, -0.05) is 54.1 Å². The summed E-state index contributed by atoms with van der Waals surface area (Å²) in [4.78, 5) is 17.3. The minimum Gasteiger partial charge on any atom is -0.276 e. The maximum Gasteiger partial charge on any atom is 0.255 e. The third-order valence-corrected chi connectivity index (χ3v) is 5.36. The van der Waals surface area contributed by atoms with Crippen LogP contribution in [-0.4, -0.2) is 9.55 Å². The summed E-state index contributed by atoms with van der Waals surface area (Å²) < 4.78 is 1.74. The van der Waals surface area contributed by atoms with Gasteiger partial charge in [0.1, 0.15) is 0 Å². The van der Waals surface area contributed by atoms with Crippen LogP contribution in [0.15, 0.2) is 95.9 Å². The summed E-state index contributed by atoms with van der Waals surface area (Å²) in [5.74, 6) is 0. The predicted molar refractivity (Wildman–Crippen MR) is 119 cm³/mol. The minimum atomic E-state index is -0.0826. The summed E-state index contributed by atoms with van der Waals surface area (Å²) in [7, 11) is 0. The normalized spacial score (nSPS) is 11.2. The van der Waals surface area contributed by atoms with Gasteiger partial charge in [-0.3, -0.25) is 14.3 Å². The number of hydrogen-bond acceptors (Lipinski definition) is 2. The van der Waals surface area contributed by atoms with Gasteiger partial charge in [-0.15, -0.1) is 0 Å². The zero-order valence-electron chi connectivity index (χ0n) is 15.5. The van der Waals surface area contributed by atoms with E-state index < -0.39 is 0 Å². The van der Waals surface area contributed by atoms with Crippen molar-refractivity contribution >= 4 is 33.4 Å². The van der Waals surface area contributed by atoms with Gasteiger partial charge in [-0.25, -0.2) is 0 Å². The summed E-state index contributed by atoms with van der Waals surface area (Å²) in [6, 6.07) is 27.4. The van der Waals surface area contributed by atoms with E-state index in [1.165, 1.54) is 11.1 Å². The van der Waals surface area contributed by atoms with Gasteiger partial charge in [0, 0.05) is 33.7 Å². The summed E-state index contributed by atoms with van der Waals surface area (Å²) >= 11 is 6.24. The molecule has 3 aromatic carbocycles. The van der Waals surface area contributed by atoms with Crippen LogP contribution in [-0.2, 0) is 6.42 Å². The molecular weight excluding hydrogens is 380 g/mol. The maximum absolute atomic E-state index is 12.8. The Bertz CT molecular complexity index is 1390. The van der Waals surface area contributed by atoms with Crippen LogP contribution in [0.1, 0.15) is 11.1 Å². The van der Waals surface area contributed by atoms with Crippen LogP contribution in [0.5, 0.6) is 0 Å². The molecule has 0 fully saturated rings. The van der Waals surface area contributed by atoms with Crippen LogP contribution in [0, 0.1) is 0 Å². The van der Waals surface area contributed by atoms with E-state index in [1.54, 1.807) is 16.8 Å². The third-order valence-electron chi connectivity index (χ3n) is 5.12. The van der Waals surface area contributed by atoms with Crippen molar-refractivity contribution in [2.45, 2.75) is 6.42 Å². The topological polar surface area (TPSA) is 34.9 Å². The molecule has 2 heterocycles. The highest BCUT2D eigenvalue weighted by Gasteiger charge is 2.11. The second kappa shape index (κ2) is 7.19. The number of fused-ring (bicyclic) bond motifs is 3. The molecule has 0 radical (unpaired) electrons. The Kier molecular flexibility index (Phi) is 4.38. The largest absolute Gasteiger partial charge is 0.276 e. The average Bonchev–Trinajstić information content (AvgIpc) is 2.75. The molecule has 4 heteroatoms. The van der Waals surface area contributed by atoms with E-state index in [4.69, 9.17) is 11.6 Å². The van der Waals surface area contributed by atoms with Crippen LogP contribution in [0.25, 0.3) is 27.5 Å². The van der Waals surface area contributed by atoms with Gasteiger partial charge in [0.25, 0.3) is 5.56 Å². The molecule has 0 saturated heterocycles. The van der Waals surface area contributed by atoms with Crippen molar-refractivity contribution in [2.24, 2.45) is 0 Å². The first-order valence-electron chi connectivity index (χ1n) is 9.42. The number of hydrogen-bond donors (Lipinski definition) is 0. The molecule has 140 valence electrons. The Labute approximate surface area is 172 Å². The second-order valence-corrected chi connectivity index (χ2v) is 7.50. The fourth-order valence-electron chi connectivity index (χ4n) is 3.73. The van der Waals surface area contributed by atoms with Crippen molar-refractivity contribution in [3.63, 3.8) is 0 Å². The Balaban J connectivity index is 1.67. The van der Waals surface area contributed by atoms with Crippen molar-refractivity contribution < 1.29 is 0 Å². The van der Waals surface area contributed by atoms with E-state index in [0.717, 1.165) is 33.9 Å². The molecule has 29 heavy (non-hydrogen) atoms. The number of pyridine rings is 2. The zero-order valence-corrected chi connectivity index (χ0v) is 16.3. The SMILES string of the molecule is O=c1ccc2cnc3ccc(Cl)cc3c2n1-c1ccc(Cc2ccccc2)cc1. The third kappa shape index (κ3) is 3.30. The number of benzene rings is 3. The molecule has 0 spiro atoms. The van der Waals surface area contributed by atoms with Crippen LogP contribution >= 0.6 is 11.6 Å². The number of nitrogens with zero attached hydrogens (tertiary/aromatic N) is 2. The van der Waals surface area contributed by atoms with Crippen molar-refractivity contribution in [3.05, 3.63) is 118 Å². The zero-order chi connectivity index (χ0) is 19.8. The molecule has 2 aromatic heterocycles. The molecule has 0 unspecified atom stereocenters. The van der Waals surface area contributed by atoms with Crippen molar-refractivity contribution in [3.8, 4) is 5.69 Å². The van der Waals surface area contributed by atoms with Crippen molar-refractivity contribution in [2.75, 3.05) is 0 Å². The standard InChI is InChI=1S/C25H17ClN2O/c26-20-9-12-23-22(15-20)25-19(16-27-23)8-13-24(29)28(25)21-10-6-18(7-11-21)14-17-4-2-1-3-5-17/h1-13,15-16H,14H2. The molecule has 0 aliphatic carbocycles. The van der Waals surface area contributed by atoms with E-state index in [-0.39, 0.29) is 5.56 Å². The van der Waals surface area contributed by atoms with Gasteiger partial charge in [0.05, 0.1) is 11.0 Å². The van der Waals surface area contributed by atoms with Crippen LogP contribution in [0.3, 0.4) is 0 Å². The minimum absolute atomic E-state index is 0.0826. The highest BCUT2D eigenvalue weighted by molar-refractivity contribution is 6.31. The second-order valence-electron chi connectivity index (χ2n) is 7.06. The molecule has 0 aliphatic heterocycles. The van der Waals surface area contributed by atoms with Crippen molar-refractivity contribution in [1.29, 1.82) is 0 Å². The molecule has 0 N–H and O–H groups in total. The molecule has 0 bridgehead atoms. The Morgan fingerprint density at radius 3 is 2.38 bits per heavy atom. The Morgan fingerprint density at radius 2 is 1.59 bits per heavy atom. The number of halogens is 1. The van der Waals surface area contributed by atoms with Crippen LogP contribution in [0.4, 0.5) is 0 Å². The fraction of sp³-hybridized carbons (Fsp3) is 0.0400. The molecule has 5 aromatic rings. The van der Waals surface area contributed by atoms with Crippen molar-refractivity contribution in [1.82, 2.24) is 9.55 Å². The van der Waals surface area contributed by atoms with Gasteiger partial charge in [-0.2, -0.15) is 0 Å². The summed E-state index contributed by atoms with van der Waals surface area (Å²) in [5, 5.41) is 2.38. The summed E-state index contributed by atoms with van der Waals surface area (Å²) in [5.41, 5.74) is 4.82. The number of rotatable bonds is 3. The number of aromatic nitrogens is 2. The first-order valence-corrected chi connectivity index (χ1v) is 9.80. The van der Waals surface area contributed by atoms with Crippen LogP contribution in [0.2, 0.25) is 5.02 Å². The average molecular weight is 397 g/mol. The van der Waals surface area contributed by atoms with Gasteiger partial charge >= 0.3 is 0 Å². The van der Waals surface area contributed by atoms with E-state index in [1.807, 2.05) is 54.6 Å². The molecule has 0 saturated carbocycles. The lowest BCUT2D eigenvalue weighted by Gasteiger charge is -2.13. The molecule has 0 atom stereocenters. The van der Waals surface area contributed by atoms with Gasteiger partial charge in [0.15, 0.2) is 0 Å². The summed E-state index contributed by atoms with van der Waals surface area (Å²) in [6.07, 6.45) is 2.65. The first-order chi connectivity index (χ1) is 14.2. The smallest absolute Gasteiger partial charge is 0.255 e. The van der Waals surface area contributed by atoms with Gasteiger partial charge < -0.3 is 0 Å². The lowest BCUT2D eigenvalue weighted by molar-refractivity contribution is 1.04. The maximum atomic E-state index is 12.8.